The van der Waals surface area contributed by atoms with Gasteiger partial charge in [-0.2, -0.15) is 13.2 Å². The van der Waals surface area contributed by atoms with Crippen molar-refractivity contribution in [2.45, 2.75) is 24.7 Å². The van der Waals surface area contributed by atoms with Gasteiger partial charge in [0.1, 0.15) is 5.69 Å². The number of aromatic hydroxyl groups is 1. The maximum atomic E-state index is 13.4. The van der Waals surface area contributed by atoms with Gasteiger partial charge in [0.15, 0.2) is 0 Å². The van der Waals surface area contributed by atoms with Crippen LogP contribution in [0.3, 0.4) is 0 Å². The first-order chi connectivity index (χ1) is 16.7. The van der Waals surface area contributed by atoms with Gasteiger partial charge in [-0.3, -0.25) is 4.57 Å². The van der Waals surface area contributed by atoms with Crippen LogP contribution >= 0.6 is 0 Å². The molecule has 2 bridgehead atoms. The second kappa shape index (κ2) is 7.39. The zero-order valence-corrected chi connectivity index (χ0v) is 18.2. The highest BCUT2D eigenvalue weighted by Gasteiger charge is 2.49. The van der Waals surface area contributed by atoms with Gasteiger partial charge in [0.05, 0.1) is 23.3 Å². The van der Waals surface area contributed by atoms with Crippen molar-refractivity contribution in [3.8, 4) is 11.6 Å². The van der Waals surface area contributed by atoms with Crippen LogP contribution < -0.4 is 11.0 Å². The van der Waals surface area contributed by atoms with Gasteiger partial charge >= 0.3 is 17.9 Å². The van der Waals surface area contributed by atoms with Crippen molar-refractivity contribution in [1.82, 2.24) is 14.0 Å². The standard InChI is InChI=1S/C25H19F3N4O3/c26-25(27,28)15-7-4-8-16(11-15)29-23(34)30-13-17-12-20(30)21-22(33)32(24(35)31(17)21)19-10-3-6-14-5-1-2-9-18(14)19/h1-11,17,20,33H,12-13H2,(H,29,34). The third-order valence-corrected chi connectivity index (χ3v) is 6.77. The van der Waals surface area contributed by atoms with Crippen molar-refractivity contribution in [2.24, 2.45) is 0 Å². The van der Waals surface area contributed by atoms with E-state index in [2.05, 4.69) is 5.32 Å². The van der Waals surface area contributed by atoms with Gasteiger partial charge in [0.2, 0.25) is 5.88 Å². The first kappa shape index (κ1) is 21.3. The number of halogens is 3. The summed E-state index contributed by atoms with van der Waals surface area (Å²) in [4.78, 5) is 27.8. The minimum atomic E-state index is -4.53. The quantitative estimate of drug-likeness (QED) is 0.422. The molecular weight excluding hydrogens is 461 g/mol. The molecular formula is C25H19F3N4O3. The summed E-state index contributed by atoms with van der Waals surface area (Å²) in [5.41, 5.74) is -0.371. The number of nitrogens with zero attached hydrogens (tertiary/aromatic N) is 3. The monoisotopic (exact) mass is 480 g/mol. The van der Waals surface area contributed by atoms with E-state index in [1.54, 1.807) is 12.1 Å². The number of carbonyl (C=O) groups is 1. The molecule has 2 unspecified atom stereocenters. The maximum Gasteiger partial charge on any atom is 0.416 e. The fourth-order valence-electron chi connectivity index (χ4n) is 5.26. The fraction of sp³-hybridized carbons (Fsp3) is 0.200. The summed E-state index contributed by atoms with van der Waals surface area (Å²) < 4.78 is 41.9. The number of hydrogen-bond donors (Lipinski definition) is 2. The van der Waals surface area contributed by atoms with Gasteiger partial charge in [-0.25, -0.2) is 14.2 Å². The van der Waals surface area contributed by atoms with E-state index in [-0.39, 0.29) is 29.8 Å². The number of amides is 2. The molecule has 35 heavy (non-hydrogen) atoms. The van der Waals surface area contributed by atoms with E-state index >= 15 is 0 Å². The lowest BCUT2D eigenvalue weighted by atomic mass is 10.1. The number of fused-ring (bicyclic) bond motifs is 6. The Morgan fingerprint density at radius 1 is 1.03 bits per heavy atom. The van der Waals surface area contributed by atoms with Crippen molar-refractivity contribution in [1.29, 1.82) is 0 Å². The fourth-order valence-corrected chi connectivity index (χ4v) is 5.26. The number of benzene rings is 3. The molecule has 6 rings (SSSR count). The second-order valence-electron chi connectivity index (χ2n) is 8.76. The van der Waals surface area contributed by atoms with Gasteiger partial charge in [-0.1, -0.05) is 42.5 Å². The Hall–Kier alpha value is -4.21. The van der Waals surface area contributed by atoms with Crippen LogP contribution in [0.5, 0.6) is 5.88 Å². The number of likely N-dealkylation sites (tertiary alicyclic amines) is 1. The van der Waals surface area contributed by atoms with Crippen molar-refractivity contribution in [3.63, 3.8) is 0 Å². The van der Waals surface area contributed by atoms with Gasteiger partial charge in [-0.15, -0.1) is 0 Å². The molecule has 2 aliphatic rings. The summed E-state index contributed by atoms with van der Waals surface area (Å²) in [5, 5.41) is 15.4. The molecule has 10 heteroatoms. The van der Waals surface area contributed by atoms with E-state index in [0.29, 0.717) is 17.8 Å². The normalized spacial score (nSPS) is 18.8. The van der Waals surface area contributed by atoms with Crippen molar-refractivity contribution in [2.75, 3.05) is 11.9 Å². The zero-order chi connectivity index (χ0) is 24.5. The molecule has 7 nitrogen and oxygen atoms in total. The van der Waals surface area contributed by atoms with E-state index in [4.69, 9.17) is 0 Å². The SMILES string of the molecule is O=C(Nc1cccc(C(F)(F)F)c1)N1CC2CC1c1c(O)n(-c3cccc4ccccc34)c(=O)n12. The van der Waals surface area contributed by atoms with Gasteiger partial charge < -0.3 is 15.3 Å². The third kappa shape index (κ3) is 3.20. The highest BCUT2D eigenvalue weighted by molar-refractivity contribution is 5.91. The van der Waals surface area contributed by atoms with Gasteiger partial charge in [0.25, 0.3) is 0 Å². The summed E-state index contributed by atoms with van der Waals surface area (Å²) >= 11 is 0. The van der Waals surface area contributed by atoms with Gasteiger partial charge in [-0.05, 0) is 36.1 Å². The van der Waals surface area contributed by atoms with E-state index < -0.39 is 23.8 Å². The molecule has 3 heterocycles. The zero-order valence-electron chi connectivity index (χ0n) is 18.2. The molecule has 0 radical (unpaired) electrons. The van der Waals surface area contributed by atoms with Crippen LogP contribution in [0.25, 0.3) is 16.5 Å². The Bertz CT molecular complexity index is 1550. The van der Waals surface area contributed by atoms with Gasteiger partial charge in [0, 0.05) is 17.6 Å². The molecule has 0 saturated carbocycles. The largest absolute Gasteiger partial charge is 0.493 e. The maximum absolute atomic E-state index is 13.4. The number of alkyl halides is 3. The smallest absolute Gasteiger partial charge is 0.416 e. The van der Waals surface area contributed by atoms with Crippen LogP contribution in [-0.2, 0) is 6.18 Å². The first-order valence-corrected chi connectivity index (χ1v) is 11.0. The van der Waals surface area contributed by atoms with Crippen LogP contribution in [0, 0.1) is 0 Å². The number of nitrogens with one attached hydrogen (secondary N) is 1. The average Bonchev–Trinajstić information content (AvgIpc) is 3.50. The molecule has 1 saturated heterocycles. The minimum Gasteiger partial charge on any atom is -0.493 e. The Balaban J connectivity index is 1.35. The Kier molecular flexibility index (Phi) is 4.51. The minimum absolute atomic E-state index is 0.0162. The van der Waals surface area contributed by atoms with Crippen LogP contribution in [0.4, 0.5) is 23.7 Å². The summed E-state index contributed by atoms with van der Waals surface area (Å²) in [6, 6.07) is 15.9. The lowest BCUT2D eigenvalue weighted by Crippen LogP contribution is -2.40. The van der Waals surface area contributed by atoms with Crippen LogP contribution in [0.2, 0.25) is 0 Å². The Labute approximate surface area is 196 Å². The summed E-state index contributed by atoms with van der Waals surface area (Å²) in [6.07, 6.45) is -4.08. The topological polar surface area (TPSA) is 79.5 Å². The van der Waals surface area contributed by atoms with E-state index in [9.17, 15) is 27.9 Å². The lowest BCUT2D eigenvalue weighted by molar-refractivity contribution is -0.137. The Morgan fingerprint density at radius 2 is 1.77 bits per heavy atom. The highest BCUT2D eigenvalue weighted by Crippen LogP contribution is 2.49. The molecule has 2 aliphatic heterocycles. The second-order valence-corrected chi connectivity index (χ2v) is 8.76. The summed E-state index contributed by atoms with van der Waals surface area (Å²) in [6.45, 7) is 0.210. The van der Waals surface area contributed by atoms with Crippen LogP contribution in [0.1, 0.15) is 29.8 Å². The first-order valence-electron chi connectivity index (χ1n) is 11.0. The molecule has 2 atom stereocenters. The molecule has 1 fully saturated rings. The molecule has 0 spiro atoms. The molecule has 0 aliphatic carbocycles. The predicted octanol–water partition coefficient (Wildman–Crippen LogP) is 5.05. The number of carbonyl (C=O) groups excluding carboxylic acids is 1. The number of hydrogen-bond acceptors (Lipinski definition) is 3. The lowest BCUT2D eigenvalue weighted by Gasteiger charge is -2.28. The van der Waals surface area contributed by atoms with Crippen molar-refractivity contribution in [3.05, 3.63) is 88.5 Å². The van der Waals surface area contributed by atoms with E-state index in [0.717, 1.165) is 22.9 Å². The van der Waals surface area contributed by atoms with E-state index in [1.165, 1.54) is 26.2 Å². The number of urea groups is 1. The number of anilines is 1. The highest BCUT2D eigenvalue weighted by atomic mass is 19.4. The molecule has 3 aromatic carbocycles. The van der Waals surface area contributed by atoms with Crippen LogP contribution in [-0.4, -0.2) is 31.7 Å². The van der Waals surface area contributed by atoms with Crippen molar-refractivity contribution >= 4 is 22.5 Å². The number of aromatic nitrogens is 2. The average molecular weight is 480 g/mol. The molecule has 1 aromatic heterocycles. The molecule has 178 valence electrons. The van der Waals surface area contributed by atoms with E-state index in [1.807, 2.05) is 30.3 Å². The third-order valence-electron chi connectivity index (χ3n) is 6.77. The summed E-state index contributed by atoms with van der Waals surface area (Å²) in [5.74, 6) is -0.240. The molecule has 2 amide bonds. The number of imidazole rings is 1. The molecule has 2 N–H and O–H groups in total. The van der Waals surface area contributed by atoms with Crippen LogP contribution in [0.15, 0.2) is 71.5 Å². The Morgan fingerprint density at radius 3 is 2.57 bits per heavy atom. The predicted molar refractivity (Wildman–Crippen MR) is 123 cm³/mol. The number of rotatable bonds is 2. The molecule has 4 aromatic rings. The summed E-state index contributed by atoms with van der Waals surface area (Å²) in [7, 11) is 0. The van der Waals surface area contributed by atoms with Crippen molar-refractivity contribution < 1.29 is 23.1 Å².